The summed E-state index contributed by atoms with van der Waals surface area (Å²) in [5, 5.41) is 13.3. The van der Waals surface area contributed by atoms with Crippen molar-refractivity contribution in [1.82, 2.24) is 20.8 Å². The second-order valence-electron chi connectivity index (χ2n) is 5.39. The number of aromatic amines is 1. The summed E-state index contributed by atoms with van der Waals surface area (Å²) in [7, 11) is 0. The molecule has 3 N–H and O–H groups in total. The van der Waals surface area contributed by atoms with E-state index in [2.05, 4.69) is 41.6 Å². The molecule has 5 nitrogen and oxygen atoms in total. The van der Waals surface area contributed by atoms with Crippen molar-refractivity contribution in [3.05, 3.63) is 17.0 Å². The van der Waals surface area contributed by atoms with E-state index >= 15 is 0 Å². The molecule has 6 heteroatoms. The molecule has 108 valence electrons. The van der Waals surface area contributed by atoms with E-state index in [0.717, 1.165) is 30.8 Å². The molecule has 19 heavy (non-hydrogen) atoms. The molecule has 0 spiro atoms. The maximum atomic E-state index is 12.1. The Labute approximate surface area is 120 Å². The summed E-state index contributed by atoms with van der Waals surface area (Å²) in [6, 6.07) is 0. The van der Waals surface area contributed by atoms with Gasteiger partial charge in [-0.15, -0.1) is 12.4 Å². The van der Waals surface area contributed by atoms with Crippen molar-refractivity contribution < 1.29 is 4.79 Å². The van der Waals surface area contributed by atoms with E-state index in [1.807, 2.05) is 0 Å². The molecule has 1 unspecified atom stereocenters. The van der Waals surface area contributed by atoms with Gasteiger partial charge >= 0.3 is 0 Å². The van der Waals surface area contributed by atoms with Crippen molar-refractivity contribution in [1.29, 1.82) is 0 Å². The fourth-order valence-corrected chi connectivity index (χ4v) is 1.99. The number of amides is 1. The molecule has 1 amide bonds. The average molecular weight is 287 g/mol. The van der Waals surface area contributed by atoms with Crippen LogP contribution in [0.15, 0.2) is 0 Å². The van der Waals surface area contributed by atoms with Gasteiger partial charge in [0, 0.05) is 37.3 Å². The number of nitrogens with zero attached hydrogens (tertiary/aromatic N) is 1. The van der Waals surface area contributed by atoms with Crippen molar-refractivity contribution in [2.75, 3.05) is 13.1 Å². The zero-order valence-corrected chi connectivity index (χ0v) is 12.6. The van der Waals surface area contributed by atoms with Gasteiger partial charge in [0.05, 0.1) is 0 Å². The summed E-state index contributed by atoms with van der Waals surface area (Å²) < 4.78 is 0. The molecule has 1 aromatic heterocycles. The summed E-state index contributed by atoms with van der Waals surface area (Å²) in [5.41, 5.74) is 2.67. The first-order valence-electron chi connectivity index (χ1n) is 6.64. The smallest absolute Gasteiger partial charge is 0.272 e. The fourth-order valence-electron chi connectivity index (χ4n) is 1.99. The lowest BCUT2D eigenvalue weighted by atomic mass is 9.98. The number of nitrogens with one attached hydrogen (secondary N) is 3. The van der Waals surface area contributed by atoms with Gasteiger partial charge < -0.3 is 10.6 Å². The van der Waals surface area contributed by atoms with Gasteiger partial charge in [-0.3, -0.25) is 9.89 Å². The zero-order chi connectivity index (χ0) is 13.1. The molecule has 1 aliphatic heterocycles. The fraction of sp³-hybridized carbons (Fsp3) is 0.692. The molecule has 2 rings (SSSR count). The van der Waals surface area contributed by atoms with E-state index in [1.165, 1.54) is 0 Å². The second kappa shape index (κ2) is 6.91. The van der Waals surface area contributed by atoms with Crippen LogP contribution in [0.2, 0.25) is 0 Å². The molecule has 2 heterocycles. The lowest BCUT2D eigenvalue weighted by Gasteiger charge is -2.16. The predicted molar refractivity (Wildman–Crippen MR) is 77.6 cm³/mol. The highest BCUT2D eigenvalue weighted by atomic mass is 35.5. The Hall–Kier alpha value is -1.07. The predicted octanol–water partition coefficient (Wildman–Crippen LogP) is 1.50. The summed E-state index contributed by atoms with van der Waals surface area (Å²) in [6.45, 7) is 8.85. The van der Waals surface area contributed by atoms with Gasteiger partial charge in [-0.25, -0.2) is 0 Å². The van der Waals surface area contributed by atoms with Gasteiger partial charge in [0.1, 0.15) is 0 Å². The maximum absolute atomic E-state index is 12.1. The third-order valence-corrected chi connectivity index (χ3v) is 3.74. The topological polar surface area (TPSA) is 69.8 Å². The minimum Gasteiger partial charge on any atom is -0.350 e. The lowest BCUT2D eigenvalue weighted by molar-refractivity contribution is 0.0938. The summed E-state index contributed by atoms with van der Waals surface area (Å²) in [5.74, 6) is 0.977. The largest absolute Gasteiger partial charge is 0.350 e. The number of halogens is 1. The van der Waals surface area contributed by atoms with E-state index in [1.54, 1.807) is 0 Å². The van der Waals surface area contributed by atoms with Crippen molar-refractivity contribution in [3.8, 4) is 0 Å². The minimum atomic E-state index is -0.0660. The van der Waals surface area contributed by atoms with E-state index in [9.17, 15) is 4.79 Å². The molecule has 0 aliphatic carbocycles. The Morgan fingerprint density at radius 2 is 2.16 bits per heavy atom. The standard InChI is InChI=1S/C13H22N4O.ClH/c1-8(2)9(3)6-15-13(18)12-10-7-14-5-4-11(10)16-17-12;/h8-9,14H,4-7H2,1-3H3,(H,15,18)(H,16,17);1H. The molecule has 1 aromatic rings. The maximum Gasteiger partial charge on any atom is 0.272 e. The van der Waals surface area contributed by atoms with Crippen LogP contribution in [-0.4, -0.2) is 29.2 Å². The average Bonchev–Trinajstić information content (AvgIpc) is 2.79. The van der Waals surface area contributed by atoms with Crippen LogP contribution < -0.4 is 10.6 Å². The van der Waals surface area contributed by atoms with E-state index in [-0.39, 0.29) is 18.3 Å². The molecular formula is C13H23ClN4O. The Morgan fingerprint density at radius 1 is 1.42 bits per heavy atom. The van der Waals surface area contributed by atoms with Crippen LogP contribution in [-0.2, 0) is 13.0 Å². The van der Waals surface area contributed by atoms with Gasteiger partial charge in [-0.1, -0.05) is 20.8 Å². The second-order valence-corrected chi connectivity index (χ2v) is 5.39. The number of H-pyrrole nitrogens is 1. The molecule has 0 bridgehead atoms. The van der Waals surface area contributed by atoms with Gasteiger partial charge in [-0.2, -0.15) is 5.10 Å². The third-order valence-electron chi connectivity index (χ3n) is 3.74. The molecule has 0 aromatic carbocycles. The van der Waals surface area contributed by atoms with Crippen LogP contribution in [0.3, 0.4) is 0 Å². The van der Waals surface area contributed by atoms with Crippen LogP contribution in [0.4, 0.5) is 0 Å². The number of hydrogen-bond donors (Lipinski definition) is 3. The number of carbonyl (C=O) groups excluding carboxylic acids is 1. The van der Waals surface area contributed by atoms with Crippen LogP contribution in [0.1, 0.15) is 42.5 Å². The van der Waals surface area contributed by atoms with Crippen LogP contribution in [0.5, 0.6) is 0 Å². The molecule has 1 aliphatic rings. The summed E-state index contributed by atoms with van der Waals surface area (Å²) in [6.07, 6.45) is 0.915. The molecular weight excluding hydrogens is 264 g/mol. The normalized spacial score (nSPS) is 15.6. The van der Waals surface area contributed by atoms with Crippen molar-refractivity contribution in [2.45, 2.75) is 33.7 Å². The highest BCUT2D eigenvalue weighted by Gasteiger charge is 2.21. The number of carbonyl (C=O) groups is 1. The molecule has 0 fully saturated rings. The first-order valence-corrected chi connectivity index (χ1v) is 6.64. The minimum absolute atomic E-state index is 0. The van der Waals surface area contributed by atoms with Crippen LogP contribution >= 0.6 is 12.4 Å². The zero-order valence-electron chi connectivity index (χ0n) is 11.7. The van der Waals surface area contributed by atoms with E-state index in [0.29, 0.717) is 24.1 Å². The Balaban J connectivity index is 0.00000180. The lowest BCUT2D eigenvalue weighted by Crippen LogP contribution is -2.32. The summed E-state index contributed by atoms with van der Waals surface area (Å²) in [4.78, 5) is 12.1. The highest BCUT2D eigenvalue weighted by Crippen LogP contribution is 2.15. The van der Waals surface area contributed by atoms with E-state index in [4.69, 9.17) is 0 Å². The third kappa shape index (κ3) is 3.70. The number of hydrogen-bond acceptors (Lipinski definition) is 3. The van der Waals surface area contributed by atoms with Crippen LogP contribution in [0.25, 0.3) is 0 Å². The monoisotopic (exact) mass is 286 g/mol. The Morgan fingerprint density at radius 3 is 2.84 bits per heavy atom. The highest BCUT2D eigenvalue weighted by molar-refractivity contribution is 5.94. The van der Waals surface area contributed by atoms with Crippen molar-refractivity contribution >= 4 is 18.3 Å². The summed E-state index contributed by atoms with van der Waals surface area (Å²) >= 11 is 0. The first-order chi connectivity index (χ1) is 8.59. The van der Waals surface area contributed by atoms with Crippen LogP contribution in [0, 0.1) is 11.8 Å². The molecule has 0 radical (unpaired) electrons. The Kier molecular flexibility index (Phi) is 5.82. The molecule has 1 atom stereocenters. The van der Waals surface area contributed by atoms with Crippen molar-refractivity contribution in [3.63, 3.8) is 0 Å². The van der Waals surface area contributed by atoms with Gasteiger partial charge in [0.25, 0.3) is 5.91 Å². The van der Waals surface area contributed by atoms with Gasteiger partial charge in [-0.05, 0) is 11.8 Å². The van der Waals surface area contributed by atoms with Gasteiger partial charge in [0.2, 0.25) is 0 Å². The number of rotatable bonds is 4. The van der Waals surface area contributed by atoms with Gasteiger partial charge in [0.15, 0.2) is 5.69 Å². The Bertz CT molecular complexity index is 430. The first kappa shape index (κ1) is 16.0. The SMILES string of the molecule is CC(C)C(C)CNC(=O)c1n[nH]c2c1CNCC2.Cl. The van der Waals surface area contributed by atoms with Crippen molar-refractivity contribution in [2.24, 2.45) is 11.8 Å². The number of fused-ring (bicyclic) bond motifs is 1. The van der Waals surface area contributed by atoms with E-state index < -0.39 is 0 Å². The number of aromatic nitrogens is 2. The molecule has 0 saturated heterocycles. The molecule has 0 saturated carbocycles. The quantitative estimate of drug-likeness (QED) is 0.786.